The third kappa shape index (κ3) is 3.55. The van der Waals surface area contributed by atoms with E-state index in [0.29, 0.717) is 26.1 Å². The molecule has 1 aliphatic heterocycles. The van der Waals surface area contributed by atoms with E-state index in [0.717, 1.165) is 5.69 Å². The van der Waals surface area contributed by atoms with E-state index >= 15 is 0 Å². The first-order valence-electron chi connectivity index (χ1n) is 7.31. The summed E-state index contributed by atoms with van der Waals surface area (Å²) in [4.78, 5) is 27.9. The second-order valence-electron chi connectivity index (χ2n) is 5.10. The van der Waals surface area contributed by atoms with Gasteiger partial charge in [0.1, 0.15) is 6.04 Å². The number of benzene rings is 1. The number of hydrogen-bond donors (Lipinski definition) is 1. The molecular formula is C17H21N3O2. The molecule has 1 aliphatic rings. The van der Waals surface area contributed by atoms with E-state index in [4.69, 9.17) is 0 Å². The van der Waals surface area contributed by atoms with Gasteiger partial charge in [-0.3, -0.25) is 4.79 Å². The maximum Gasteiger partial charge on any atom is 0.318 e. The normalized spacial score (nSPS) is 17.2. The van der Waals surface area contributed by atoms with Gasteiger partial charge in [-0.05, 0) is 18.6 Å². The first-order chi connectivity index (χ1) is 10.7. The van der Waals surface area contributed by atoms with Gasteiger partial charge < -0.3 is 15.1 Å². The summed E-state index contributed by atoms with van der Waals surface area (Å²) in [5.74, 6) is -0.0725. The Labute approximate surface area is 130 Å². The van der Waals surface area contributed by atoms with Gasteiger partial charge in [-0.25, -0.2) is 4.79 Å². The highest BCUT2D eigenvalue weighted by Gasteiger charge is 2.34. The summed E-state index contributed by atoms with van der Waals surface area (Å²) in [6.07, 6.45) is 3.90. The Morgan fingerprint density at radius 1 is 1.27 bits per heavy atom. The summed E-state index contributed by atoms with van der Waals surface area (Å²) in [5, 5.41) is 2.80. The zero-order chi connectivity index (χ0) is 15.9. The molecule has 0 unspecified atom stereocenters. The molecule has 1 aromatic carbocycles. The SMILES string of the molecule is C=CCN(CC=C)C(=O)N[C@@H]1CCN(c2ccccc2)C1=O. The van der Waals surface area contributed by atoms with Gasteiger partial charge in [0.05, 0.1) is 0 Å². The maximum atomic E-state index is 12.4. The van der Waals surface area contributed by atoms with Gasteiger partial charge in [0.2, 0.25) is 5.91 Å². The third-order valence-corrected chi connectivity index (χ3v) is 3.56. The molecule has 1 atom stereocenters. The number of para-hydroxylation sites is 1. The summed E-state index contributed by atoms with van der Waals surface area (Å²) in [6, 6.07) is 8.73. The molecule has 1 N–H and O–H groups in total. The minimum Gasteiger partial charge on any atom is -0.326 e. The highest BCUT2D eigenvalue weighted by molar-refractivity contribution is 6.01. The zero-order valence-electron chi connectivity index (χ0n) is 12.6. The maximum absolute atomic E-state index is 12.4. The lowest BCUT2D eigenvalue weighted by molar-refractivity contribution is -0.118. The molecule has 2 rings (SSSR count). The van der Waals surface area contributed by atoms with Gasteiger partial charge in [0, 0.05) is 25.3 Å². The van der Waals surface area contributed by atoms with Gasteiger partial charge in [-0.1, -0.05) is 30.4 Å². The monoisotopic (exact) mass is 299 g/mol. The molecule has 22 heavy (non-hydrogen) atoms. The van der Waals surface area contributed by atoms with Crippen LogP contribution in [0, 0.1) is 0 Å². The van der Waals surface area contributed by atoms with Crippen LogP contribution < -0.4 is 10.2 Å². The van der Waals surface area contributed by atoms with Crippen LogP contribution in [0.4, 0.5) is 10.5 Å². The number of hydrogen-bond acceptors (Lipinski definition) is 2. The van der Waals surface area contributed by atoms with Crippen LogP contribution in [0.2, 0.25) is 0 Å². The molecule has 5 heteroatoms. The fraction of sp³-hybridized carbons (Fsp3) is 0.294. The molecule has 0 saturated carbocycles. The minimum absolute atomic E-state index is 0.0725. The average Bonchev–Trinajstić information content (AvgIpc) is 2.89. The van der Waals surface area contributed by atoms with E-state index in [1.165, 1.54) is 0 Å². The Morgan fingerprint density at radius 2 is 1.91 bits per heavy atom. The van der Waals surface area contributed by atoms with Crippen LogP contribution in [-0.4, -0.2) is 42.5 Å². The van der Waals surface area contributed by atoms with Crippen molar-refractivity contribution in [3.63, 3.8) is 0 Å². The molecule has 1 saturated heterocycles. The fourth-order valence-corrected chi connectivity index (χ4v) is 2.47. The molecule has 3 amide bonds. The lowest BCUT2D eigenvalue weighted by Crippen LogP contribution is -2.48. The van der Waals surface area contributed by atoms with Crippen LogP contribution in [0.5, 0.6) is 0 Å². The Balaban J connectivity index is 1.99. The van der Waals surface area contributed by atoms with Crippen molar-refractivity contribution >= 4 is 17.6 Å². The molecule has 0 spiro atoms. The quantitative estimate of drug-likeness (QED) is 0.819. The van der Waals surface area contributed by atoms with Crippen LogP contribution >= 0.6 is 0 Å². The number of urea groups is 1. The average molecular weight is 299 g/mol. The van der Waals surface area contributed by atoms with Crippen molar-refractivity contribution in [2.24, 2.45) is 0 Å². The van der Waals surface area contributed by atoms with E-state index in [1.807, 2.05) is 30.3 Å². The smallest absolute Gasteiger partial charge is 0.318 e. The molecule has 5 nitrogen and oxygen atoms in total. The van der Waals surface area contributed by atoms with Gasteiger partial charge in [-0.2, -0.15) is 0 Å². The van der Waals surface area contributed by atoms with Crippen molar-refractivity contribution in [1.29, 1.82) is 0 Å². The minimum atomic E-state index is -0.482. The van der Waals surface area contributed by atoms with Gasteiger partial charge in [-0.15, -0.1) is 13.2 Å². The first-order valence-corrected chi connectivity index (χ1v) is 7.31. The number of carbonyl (C=O) groups is 2. The van der Waals surface area contributed by atoms with Crippen LogP contribution in [0.1, 0.15) is 6.42 Å². The largest absolute Gasteiger partial charge is 0.326 e. The lowest BCUT2D eigenvalue weighted by atomic mass is 10.2. The summed E-state index contributed by atoms with van der Waals surface area (Å²) >= 11 is 0. The lowest BCUT2D eigenvalue weighted by Gasteiger charge is -2.22. The number of amides is 3. The Morgan fingerprint density at radius 3 is 2.50 bits per heavy atom. The summed E-state index contributed by atoms with van der Waals surface area (Å²) in [7, 11) is 0. The number of nitrogens with zero attached hydrogens (tertiary/aromatic N) is 2. The molecule has 0 radical (unpaired) electrons. The summed E-state index contributed by atoms with van der Waals surface area (Å²) < 4.78 is 0. The molecular weight excluding hydrogens is 278 g/mol. The van der Waals surface area contributed by atoms with Gasteiger partial charge in [0.25, 0.3) is 0 Å². The van der Waals surface area contributed by atoms with Crippen molar-refractivity contribution in [1.82, 2.24) is 10.2 Å². The Hall–Kier alpha value is -2.56. The van der Waals surface area contributed by atoms with Crippen molar-refractivity contribution in [2.75, 3.05) is 24.5 Å². The molecule has 1 aromatic rings. The van der Waals surface area contributed by atoms with E-state index in [-0.39, 0.29) is 11.9 Å². The van der Waals surface area contributed by atoms with Crippen LogP contribution in [-0.2, 0) is 4.79 Å². The topological polar surface area (TPSA) is 52.7 Å². The third-order valence-electron chi connectivity index (χ3n) is 3.56. The van der Waals surface area contributed by atoms with Gasteiger partial charge >= 0.3 is 6.03 Å². The molecule has 0 bridgehead atoms. The van der Waals surface area contributed by atoms with Crippen molar-refractivity contribution in [3.8, 4) is 0 Å². The summed E-state index contributed by atoms with van der Waals surface area (Å²) in [6.45, 7) is 8.71. The molecule has 116 valence electrons. The van der Waals surface area contributed by atoms with Crippen molar-refractivity contribution < 1.29 is 9.59 Å². The fourth-order valence-electron chi connectivity index (χ4n) is 2.47. The van der Waals surface area contributed by atoms with E-state index in [9.17, 15) is 9.59 Å². The predicted octanol–water partition coefficient (Wildman–Crippen LogP) is 2.18. The van der Waals surface area contributed by atoms with Crippen LogP contribution in [0.15, 0.2) is 55.6 Å². The summed E-state index contributed by atoms with van der Waals surface area (Å²) in [5.41, 5.74) is 0.860. The number of rotatable bonds is 6. The molecule has 0 aliphatic carbocycles. The highest BCUT2D eigenvalue weighted by Crippen LogP contribution is 2.21. The molecule has 0 aromatic heterocycles. The van der Waals surface area contributed by atoms with Gasteiger partial charge in [0.15, 0.2) is 0 Å². The Bertz CT molecular complexity index is 546. The van der Waals surface area contributed by atoms with E-state index < -0.39 is 6.04 Å². The van der Waals surface area contributed by atoms with Crippen LogP contribution in [0.3, 0.4) is 0 Å². The van der Waals surface area contributed by atoms with Crippen molar-refractivity contribution in [3.05, 3.63) is 55.6 Å². The van der Waals surface area contributed by atoms with E-state index in [2.05, 4.69) is 18.5 Å². The second-order valence-corrected chi connectivity index (χ2v) is 5.10. The van der Waals surface area contributed by atoms with Crippen molar-refractivity contribution in [2.45, 2.75) is 12.5 Å². The molecule has 1 fully saturated rings. The number of carbonyl (C=O) groups excluding carboxylic acids is 2. The number of anilines is 1. The Kier molecular flexibility index (Phi) is 5.36. The standard InChI is InChI=1S/C17H21N3O2/c1-3-11-19(12-4-2)17(22)18-15-10-13-20(16(15)21)14-8-6-5-7-9-14/h3-9,15H,1-2,10-13H2,(H,18,22)/t15-/m1/s1. The highest BCUT2D eigenvalue weighted by atomic mass is 16.2. The number of nitrogens with one attached hydrogen (secondary N) is 1. The van der Waals surface area contributed by atoms with Crippen LogP contribution in [0.25, 0.3) is 0 Å². The first kappa shape index (κ1) is 15.8. The van der Waals surface area contributed by atoms with E-state index in [1.54, 1.807) is 22.0 Å². The molecule has 1 heterocycles. The zero-order valence-corrected chi connectivity index (χ0v) is 12.6. The predicted molar refractivity (Wildman–Crippen MR) is 87.7 cm³/mol. The second kappa shape index (κ2) is 7.45.